The van der Waals surface area contributed by atoms with Crippen LogP contribution in [0.25, 0.3) is 0 Å². The van der Waals surface area contributed by atoms with E-state index >= 15 is 0 Å². The molecule has 1 saturated heterocycles. The number of thioether (sulfide) groups is 1. The zero-order chi connectivity index (χ0) is 17.0. The number of nitrogens with zero attached hydrogens (tertiary/aromatic N) is 2. The zero-order valence-corrected chi connectivity index (χ0v) is 13.6. The maximum Gasteiger partial charge on any atom is 0.331 e. The van der Waals surface area contributed by atoms with Crippen molar-refractivity contribution < 1.29 is 19.4 Å². The fourth-order valence-corrected chi connectivity index (χ4v) is 2.59. The molecular formula is C15H15N3O4S. The van der Waals surface area contributed by atoms with Gasteiger partial charge in [0, 0.05) is 6.08 Å². The lowest BCUT2D eigenvalue weighted by Gasteiger charge is -2.03. The van der Waals surface area contributed by atoms with Crippen LogP contribution in [0.1, 0.15) is 16.7 Å². The highest BCUT2D eigenvalue weighted by Crippen LogP contribution is 2.24. The van der Waals surface area contributed by atoms with Crippen molar-refractivity contribution in [2.24, 2.45) is 10.2 Å². The number of methoxy groups -OCH3 is 1. The van der Waals surface area contributed by atoms with Crippen LogP contribution in [0.2, 0.25) is 0 Å². The Bertz CT molecular complexity index is 730. The van der Waals surface area contributed by atoms with E-state index in [1.165, 1.54) is 13.3 Å². The van der Waals surface area contributed by atoms with Gasteiger partial charge in [0.15, 0.2) is 5.17 Å². The molecule has 7 nitrogen and oxygen atoms in total. The number of hydrogen-bond acceptors (Lipinski definition) is 7. The van der Waals surface area contributed by atoms with Crippen LogP contribution in [0, 0.1) is 13.8 Å². The van der Waals surface area contributed by atoms with Crippen molar-refractivity contribution in [2.75, 3.05) is 7.11 Å². The molecule has 0 aromatic heterocycles. The van der Waals surface area contributed by atoms with Crippen molar-refractivity contribution in [1.29, 1.82) is 0 Å². The minimum absolute atomic E-state index is 0.196. The SMILES string of the molecule is COC(=O)/C=C1/S/C(=N\N=Cc2cc(C)c(O)c(C)c2)NC1=O. The van der Waals surface area contributed by atoms with E-state index in [4.69, 9.17) is 0 Å². The smallest absolute Gasteiger partial charge is 0.331 e. The van der Waals surface area contributed by atoms with Gasteiger partial charge >= 0.3 is 5.97 Å². The molecule has 1 fully saturated rings. The lowest BCUT2D eigenvalue weighted by atomic mass is 10.1. The van der Waals surface area contributed by atoms with Gasteiger partial charge in [0.1, 0.15) is 5.75 Å². The molecular weight excluding hydrogens is 318 g/mol. The molecule has 1 aromatic carbocycles. The quantitative estimate of drug-likeness (QED) is 0.379. The van der Waals surface area contributed by atoms with Crippen molar-refractivity contribution in [1.82, 2.24) is 5.32 Å². The van der Waals surface area contributed by atoms with E-state index in [0.717, 1.165) is 34.5 Å². The molecule has 0 radical (unpaired) electrons. The predicted molar refractivity (Wildman–Crippen MR) is 88.4 cm³/mol. The Hall–Kier alpha value is -2.61. The first-order valence-electron chi connectivity index (χ1n) is 6.61. The van der Waals surface area contributed by atoms with Crippen molar-refractivity contribution in [3.8, 4) is 5.75 Å². The molecule has 1 aliphatic rings. The maximum atomic E-state index is 11.6. The van der Waals surface area contributed by atoms with Gasteiger partial charge in [-0.2, -0.15) is 5.10 Å². The fourth-order valence-electron chi connectivity index (χ4n) is 1.85. The Labute approximate surface area is 137 Å². The molecule has 1 aromatic rings. The number of rotatable bonds is 3. The molecule has 2 rings (SSSR count). The number of amidine groups is 1. The molecule has 0 bridgehead atoms. The van der Waals surface area contributed by atoms with Crippen LogP contribution >= 0.6 is 11.8 Å². The van der Waals surface area contributed by atoms with Gasteiger partial charge in [0.2, 0.25) is 0 Å². The molecule has 2 N–H and O–H groups in total. The lowest BCUT2D eigenvalue weighted by Crippen LogP contribution is -2.19. The summed E-state index contributed by atoms with van der Waals surface area (Å²) < 4.78 is 4.47. The summed E-state index contributed by atoms with van der Waals surface area (Å²) in [6.07, 6.45) is 2.61. The number of phenols is 1. The van der Waals surface area contributed by atoms with Crippen molar-refractivity contribution >= 4 is 35.0 Å². The van der Waals surface area contributed by atoms with Gasteiger partial charge in [-0.15, -0.1) is 5.10 Å². The van der Waals surface area contributed by atoms with Crippen LogP contribution in [0.15, 0.2) is 33.3 Å². The van der Waals surface area contributed by atoms with Crippen LogP contribution in [0.4, 0.5) is 0 Å². The third-order valence-corrected chi connectivity index (χ3v) is 3.87. The highest BCUT2D eigenvalue weighted by Gasteiger charge is 2.24. The Kier molecular flexibility index (Phi) is 5.17. The Balaban J connectivity index is 2.11. The Morgan fingerprint density at radius 1 is 1.35 bits per heavy atom. The predicted octanol–water partition coefficient (Wildman–Crippen LogP) is 1.62. The van der Waals surface area contributed by atoms with Crippen molar-refractivity contribution in [3.05, 3.63) is 39.8 Å². The fraction of sp³-hybridized carbons (Fsp3) is 0.200. The second-order valence-electron chi connectivity index (χ2n) is 4.74. The monoisotopic (exact) mass is 333 g/mol. The average molecular weight is 333 g/mol. The first kappa shape index (κ1) is 16.8. The van der Waals surface area contributed by atoms with Gasteiger partial charge in [-0.25, -0.2) is 4.79 Å². The van der Waals surface area contributed by atoms with E-state index in [1.54, 1.807) is 26.0 Å². The number of ether oxygens (including phenoxy) is 1. The summed E-state index contributed by atoms with van der Waals surface area (Å²) in [6, 6.07) is 3.55. The number of esters is 1. The maximum absolute atomic E-state index is 11.6. The highest BCUT2D eigenvalue weighted by molar-refractivity contribution is 8.18. The van der Waals surface area contributed by atoms with Gasteiger partial charge in [-0.3, -0.25) is 10.1 Å². The van der Waals surface area contributed by atoms with E-state index < -0.39 is 11.9 Å². The summed E-state index contributed by atoms with van der Waals surface area (Å²) in [5.74, 6) is -0.780. The molecule has 8 heteroatoms. The van der Waals surface area contributed by atoms with E-state index in [-0.39, 0.29) is 15.8 Å². The number of aromatic hydroxyl groups is 1. The molecule has 120 valence electrons. The molecule has 1 aliphatic heterocycles. The summed E-state index contributed by atoms with van der Waals surface area (Å²) in [4.78, 5) is 23.0. The molecule has 0 unspecified atom stereocenters. The topological polar surface area (TPSA) is 100 Å². The molecule has 1 amide bonds. The van der Waals surface area contributed by atoms with Crippen LogP contribution in [0.3, 0.4) is 0 Å². The number of amides is 1. The standard InChI is InChI=1S/C15H15N3O4S/c1-8-4-10(5-9(2)13(8)20)7-16-18-15-17-14(21)11(23-15)6-12(19)22-3/h4-7,20H,1-3H3,(H,17,18,21)/b11-6+,16-7?. The van der Waals surface area contributed by atoms with Crippen molar-refractivity contribution in [2.45, 2.75) is 13.8 Å². The number of carbonyl (C=O) groups is 2. The van der Waals surface area contributed by atoms with E-state index in [9.17, 15) is 14.7 Å². The minimum Gasteiger partial charge on any atom is -0.507 e. The number of aryl methyl sites for hydroxylation is 2. The second kappa shape index (κ2) is 7.10. The number of carbonyl (C=O) groups excluding carboxylic acids is 2. The zero-order valence-electron chi connectivity index (χ0n) is 12.8. The van der Waals surface area contributed by atoms with Gasteiger partial charge in [0.05, 0.1) is 18.2 Å². The van der Waals surface area contributed by atoms with Gasteiger partial charge in [-0.05, 0) is 54.4 Å². The van der Waals surface area contributed by atoms with Gasteiger partial charge in [0.25, 0.3) is 5.91 Å². The third kappa shape index (κ3) is 4.19. The Morgan fingerprint density at radius 3 is 2.61 bits per heavy atom. The highest BCUT2D eigenvalue weighted by atomic mass is 32.2. The number of phenolic OH excluding ortho intramolecular Hbond substituents is 1. The average Bonchev–Trinajstić information content (AvgIpc) is 2.84. The van der Waals surface area contributed by atoms with E-state index in [2.05, 4.69) is 20.3 Å². The van der Waals surface area contributed by atoms with E-state index in [1.807, 2.05) is 0 Å². The summed E-state index contributed by atoms with van der Waals surface area (Å²) in [5, 5.41) is 20.3. The van der Waals surface area contributed by atoms with Gasteiger partial charge < -0.3 is 9.84 Å². The first-order valence-corrected chi connectivity index (χ1v) is 7.42. The van der Waals surface area contributed by atoms with E-state index in [0.29, 0.717) is 0 Å². The molecule has 0 aliphatic carbocycles. The molecule has 0 saturated carbocycles. The molecule has 0 spiro atoms. The Morgan fingerprint density at radius 2 is 2.00 bits per heavy atom. The number of benzene rings is 1. The summed E-state index contributed by atoms with van der Waals surface area (Å²) in [7, 11) is 1.23. The largest absolute Gasteiger partial charge is 0.507 e. The van der Waals surface area contributed by atoms with Crippen LogP contribution in [-0.4, -0.2) is 35.5 Å². The number of hydrogen-bond donors (Lipinski definition) is 2. The van der Waals surface area contributed by atoms with Gasteiger partial charge in [-0.1, -0.05) is 0 Å². The molecule has 0 atom stereocenters. The van der Waals surface area contributed by atoms with Crippen LogP contribution < -0.4 is 5.32 Å². The van der Waals surface area contributed by atoms with Crippen LogP contribution in [0.5, 0.6) is 5.75 Å². The summed E-state index contributed by atoms with van der Waals surface area (Å²) in [6.45, 7) is 3.59. The second-order valence-corrected chi connectivity index (χ2v) is 5.77. The van der Waals surface area contributed by atoms with Crippen LogP contribution in [-0.2, 0) is 14.3 Å². The minimum atomic E-state index is -0.609. The lowest BCUT2D eigenvalue weighted by molar-refractivity contribution is -0.135. The molecule has 23 heavy (non-hydrogen) atoms. The molecule has 1 heterocycles. The first-order chi connectivity index (χ1) is 10.9. The number of nitrogens with one attached hydrogen (secondary N) is 1. The summed E-state index contributed by atoms with van der Waals surface area (Å²) in [5.41, 5.74) is 2.26. The normalized spacial score (nSPS) is 18.0. The summed E-state index contributed by atoms with van der Waals surface area (Å²) >= 11 is 1.00. The van der Waals surface area contributed by atoms with Crippen molar-refractivity contribution in [3.63, 3.8) is 0 Å². The third-order valence-electron chi connectivity index (χ3n) is 2.97.